The molecule has 14 atom stereocenters. The number of benzene rings is 3. The zero-order valence-corrected chi connectivity index (χ0v) is 77.1. The van der Waals surface area contributed by atoms with E-state index in [1.165, 1.54) is 80.1 Å². The van der Waals surface area contributed by atoms with Crippen molar-refractivity contribution in [3.8, 4) is 5.75 Å². The van der Waals surface area contributed by atoms with E-state index in [9.17, 15) is 96.8 Å². The Kier molecular flexibility index (Phi) is 37.5. The highest BCUT2D eigenvalue weighted by atomic mass is 32.2. The number of ether oxygens (including phenoxy) is 4. The first kappa shape index (κ1) is 104. The first-order chi connectivity index (χ1) is 64.7. The molecule has 0 spiro atoms. The van der Waals surface area contributed by atoms with E-state index in [1.807, 2.05) is 18.2 Å². The summed E-state index contributed by atoms with van der Waals surface area (Å²) in [5, 5.41) is 61.9. The second kappa shape index (κ2) is 48.9. The fourth-order valence-corrected chi connectivity index (χ4v) is 16.6. The Labute approximate surface area is 784 Å². The number of primary amides is 2. The van der Waals surface area contributed by atoms with Crippen molar-refractivity contribution >= 4 is 140 Å². The topological polar surface area (TPSA) is 659 Å². The summed E-state index contributed by atoms with van der Waals surface area (Å²) in [7, 11) is 1.40. The van der Waals surface area contributed by atoms with Crippen molar-refractivity contribution in [1.82, 2.24) is 88.1 Å². The van der Waals surface area contributed by atoms with Crippen molar-refractivity contribution in [3.05, 3.63) is 136 Å². The molecule has 0 radical (unpaired) electrons. The molecule has 1 unspecified atom stereocenters. The van der Waals surface area contributed by atoms with E-state index in [-0.39, 0.29) is 97.9 Å². The van der Waals surface area contributed by atoms with Crippen LogP contribution in [0.4, 0.5) is 15.3 Å². The molecule has 2 aromatic heterocycles. The number of rotatable bonds is 33. The maximum atomic E-state index is 15.3. The van der Waals surface area contributed by atoms with E-state index in [1.54, 1.807) is 45.9 Å². The molecule has 0 saturated carbocycles. The number of aromatic amines is 1. The molecule has 136 heavy (non-hydrogen) atoms. The van der Waals surface area contributed by atoms with Crippen molar-refractivity contribution in [1.29, 1.82) is 0 Å². The lowest BCUT2D eigenvalue weighted by Crippen LogP contribution is -2.62. The van der Waals surface area contributed by atoms with Gasteiger partial charge >= 0.3 is 12.2 Å². The molecular weight excluding hydrogens is 1790 g/mol. The van der Waals surface area contributed by atoms with Crippen LogP contribution < -0.4 is 80.0 Å². The highest BCUT2D eigenvalue weighted by Crippen LogP contribution is 2.33. The number of likely N-dealkylation sites (N-methyl/N-ethyl adjacent to an activating group) is 1. The summed E-state index contributed by atoms with van der Waals surface area (Å²) < 4.78 is 37.9. The Hall–Kier alpha value is -13.8. The number of carbonyl (C=O) groups excluding carboxylic acids is 17. The quantitative estimate of drug-likeness (QED) is 0.0147. The lowest BCUT2D eigenvalue weighted by atomic mass is 9.93. The zero-order valence-electron chi connectivity index (χ0n) is 76.3. The van der Waals surface area contributed by atoms with Crippen LogP contribution in [0.25, 0.3) is 21.9 Å². The number of aliphatic hydroxyl groups is 3. The van der Waals surface area contributed by atoms with Gasteiger partial charge < -0.3 is 134 Å². The number of carbonyl (C=O) groups is 17. The van der Waals surface area contributed by atoms with Crippen LogP contribution in [0.1, 0.15) is 113 Å². The molecule has 1 fully saturated rings. The molecule has 2 aliphatic carbocycles. The van der Waals surface area contributed by atoms with E-state index < -0.39 is 248 Å². The number of allylic oxidation sites excluding steroid dienone is 8. The summed E-state index contributed by atoms with van der Waals surface area (Å²) in [6.45, 7) is 7.39. The fraction of sp³-hybridized carbons (Fsp3) is 0.478. The minimum atomic E-state index is -2.59. The number of nitrogens with zero attached hydrogens (tertiary/aromatic N) is 5. The molecule has 45 nitrogen and oxygen atoms in total. The molecule has 5 heterocycles. The van der Waals surface area contributed by atoms with Crippen LogP contribution in [-0.2, 0) is 118 Å². The van der Waals surface area contributed by atoms with Gasteiger partial charge in [0, 0.05) is 117 Å². The van der Waals surface area contributed by atoms with Crippen LogP contribution in [0, 0.1) is 11.8 Å². The standard InChI is InChI=1S/C90H116N20O25S/c1-9-47(4)76-85(126)95-40-74(117)101-68-45-136(131)87-59(37-65(81(122)94-41-75(118)106-76)103-86(127)77(48(5)70(113)43-111)107-84(125)69-35-56(112)42-110(69)88(128)67(39-72(92)115)104-83(68)124)58-22-21-57(36-61(58)105-87)135-90(130)109(46(2)3)27-26-108(8)89(129)134-44-53-16-19-55(20-17-53)98-82(123)66(38-71(91)114)102-79(120)50(7)97-78(119)49(6)96-73(116)24-28-132-30-31-133-29-25-93-80(121)54-18-23-60-64(34-54)100-63-33-52-13-11-10-12-51(14-15-52)32-62(63)99-60/h10-23,34,36,46-50,56,65-70,76-77,105,111-113H,9,24-33,35,37-45H2,1-8H3,(H2,91,114)(H2,92,115)(H,93,121)(H,94,122)(H,95,126)(H,96,116)(H,97,119)(H,98,123)(H,101,117)(H,102,120)(H,103,127)(H,104,124)(H,106,118)(H,107,125)/b11-10-,12-10?,13-11?,15-14-,51-12-,51-14?,52-13-,52-15?/t47-,48-,49-,50-,56+,65+,66-,67-,68-,69-,70-,76-,77-,136?/m0/s1. The molecule has 20 N–H and O–H groups in total. The molecule has 4 bridgehead atoms. The monoisotopic (exact) mass is 1910 g/mol. The van der Waals surface area contributed by atoms with Gasteiger partial charge in [-0.3, -0.25) is 71.9 Å². The van der Waals surface area contributed by atoms with Crippen molar-refractivity contribution in [2.75, 3.05) is 90.4 Å². The number of anilines is 1. The van der Waals surface area contributed by atoms with Crippen LogP contribution in [-0.4, -0.2) is 308 Å². The second-order valence-corrected chi connectivity index (χ2v) is 35.2. The number of hydrogen-bond donors (Lipinski definition) is 18. The van der Waals surface area contributed by atoms with E-state index in [0.717, 1.165) is 27.4 Å². The van der Waals surface area contributed by atoms with Crippen LogP contribution in [0.5, 0.6) is 5.75 Å². The third-order valence-electron chi connectivity index (χ3n) is 23.2. The Bertz CT molecular complexity index is 5450. The molecule has 5 aromatic rings. The first-order valence-corrected chi connectivity index (χ1v) is 45.6. The normalized spacial score (nSPS) is 22.1. The number of amides is 17. The molecule has 3 aliphatic heterocycles. The molecule has 17 amide bonds. The molecular formula is C90H116N20O25S. The Morgan fingerprint density at radius 3 is 2.00 bits per heavy atom. The molecule has 1 saturated heterocycles. The average Bonchev–Trinajstić information content (AvgIpc) is 1.73. The van der Waals surface area contributed by atoms with Gasteiger partial charge in [0.15, 0.2) is 6.04 Å². The molecule has 46 heteroatoms. The summed E-state index contributed by atoms with van der Waals surface area (Å²) in [6.07, 6.45) is 5.98. The van der Waals surface area contributed by atoms with Crippen molar-refractivity contribution < 1.29 is 120 Å². The third kappa shape index (κ3) is 29.1. The van der Waals surface area contributed by atoms with E-state index >= 15 is 4.55 Å². The summed E-state index contributed by atoms with van der Waals surface area (Å²) >= 11 is -2.59. The number of fused-ring (bicyclic) bond motifs is 9. The van der Waals surface area contributed by atoms with Gasteiger partial charge in [-0.25, -0.2) is 19.6 Å². The number of hydrogen-bond acceptors (Lipinski definition) is 27. The number of H-pyrrole nitrogens is 1. The van der Waals surface area contributed by atoms with Gasteiger partial charge in [0.25, 0.3) is 5.91 Å². The van der Waals surface area contributed by atoms with E-state index in [2.05, 4.69) is 87.0 Å². The predicted molar refractivity (Wildman–Crippen MR) is 487 cm³/mol. The summed E-state index contributed by atoms with van der Waals surface area (Å²) in [4.78, 5) is 250. The van der Waals surface area contributed by atoms with Crippen LogP contribution in [0.15, 0.2) is 113 Å². The van der Waals surface area contributed by atoms with Crippen molar-refractivity contribution in [2.45, 2.75) is 184 Å². The number of nitrogens with one attached hydrogen (secondary N) is 13. The third-order valence-corrected chi connectivity index (χ3v) is 24.6. The van der Waals surface area contributed by atoms with Crippen LogP contribution >= 0.6 is 0 Å². The first-order valence-electron chi connectivity index (χ1n) is 44.3. The van der Waals surface area contributed by atoms with Crippen molar-refractivity contribution in [2.24, 2.45) is 23.3 Å². The molecule has 5 aliphatic rings. The Morgan fingerprint density at radius 1 is 0.684 bits per heavy atom. The highest BCUT2D eigenvalue weighted by molar-refractivity contribution is 7.91. The summed E-state index contributed by atoms with van der Waals surface area (Å²) in [5.74, 6) is -17.3. The minimum Gasteiger partial charge on any atom is -0.610 e. The number of nitrogens with two attached hydrogens (primary N) is 2. The van der Waals surface area contributed by atoms with Gasteiger partial charge in [-0.15, -0.1) is 0 Å². The number of aromatic nitrogens is 3. The van der Waals surface area contributed by atoms with Gasteiger partial charge in [0.05, 0.1) is 99.1 Å². The van der Waals surface area contributed by atoms with Crippen molar-refractivity contribution in [3.63, 3.8) is 0 Å². The fourth-order valence-electron chi connectivity index (χ4n) is 15.2. The Balaban J connectivity index is 0.715. The maximum absolute atomic E-state index is 15.3. The highest BCUT2D eigenvalue weighted by Gasteiger charge is 2.46. The molecule has 10 rings (SSSR count). The Morgan fingerprint density at radius 2 is 1.34 bits per heavy atom. The van der Waals surface area contributed by atoms with Gasteiger partial charge in [-0.2, -0.15) is 0 Å². The maximum Gasteiger partial charge on any atom is 0.415 e. The van der Waals surface area contributed by atoms with Gasteiger partial charge in [0.1, 0.15) is 66.4 Å². The minimum absolute atomic E-state index is 0.0209. The van der Waals surface area contributed by atoms with E-state index in [0.29, 0.717) is 41.4 Å². The SMILES string of the molecule is CC[C@H](C)[C@@H]1NC(=O)CNC(=O)[C@H]2Cc3c([nH]c4cc(OC(=O)N(CCN(C)C(=O)OCc5ccc(NC(=O)[C@H](CC(N)=O)NC(=O)[C@H](C)NC(=O)[C@H](C)NC(=O)CCOCCOCCNC(=O)c6ccc7nc8c(nc7c6)CC6=C\C=C/C=C(/C=C\6)C8)cc5)C(C)C)ccc34)[S+]([O-])C[C@H](NC(=O)CNC1=O)C(=O)N[C@@H](CC(N)=O)C(=O)N1C[C@H](O)C[C@H]1C(=O)N[C@@H]([C@@H](C)[C@@H](O)CO)C(=O)N2. The van der Waals surface area contributed by atoms with Gasteiger partial charge in [-0.1, -0.05) is 75.8 Å². The summed E-state index contributed by atoms with van der Waals surface area (Å²) in [5.41, 5.74) is 17.3. The van der Waals surface area contributed by atoms with E-state index in [4.69, 9.17) is 40.4 Å². The smallest absolute Gasteiger partial charge is 0.415 e. The predicted octanol–water partition coefficient (Wildman–Crippen LogP) is -2.97. The summed E-state index contributed by atoms with van der Waals surface area (Å²) in [6, 6.07) is -0.132. The lowest BCUT2D eigenvalue weighted by molar-refractivity contribution is -0.144. The lowest BCUT2D eigenvalue weighted by Gasteiger charge is -2.32. The molecule has 3 aromatic carbocycles. The zero-order chi connectivity index (χ0) is 98.9. The molecule has 732 valence electrons. The second-order valence-electron chi connectivity index (χ2n) is 33.8. The van der Waals surface area contributed by atoms with Crippen LogP contribution in [0.3, 0.4) is 0 Å². The van der Waals surface area contributed by atoms with Crippen LogP contribution in [0.2, 0.25) is 0 Å². The average molecular weight is 1910 g/mol. The largest absolute Gasteiger partial charge is 0.610 e. The van der Waals surface area contributed by atoms with Gasteiger partial charge in [-0.05, 0) is 92.8 Å². The van der Waals surface area contributed by atoms with Gasteiger partial charge in [0.2, 0.25) is 87.7 Å². The number of aliphatic hydroxyl groups excluding tert-OH is 3.